The summed E-state index contributed by atoms with van der Waals surface area (Å²) in [5.74, 6) is -0.132. The minimum Gasteiger partial charge on any atom is -0.375 e. The van der Waals surface area contributed by atoms with Gasteiger partial charge >= 0.3 is 0 Å². The fourth-order valence-corrected chi connectivity index (χ4v) is 2.49. The minimum absolute atomic E-state index is 0.132. The maximum Gasteiger partial charge on any atom is 0.146 e. The number of para-hydroxylation sites is 1. The summed E-state index contributed by atoms with van der Waals surface area (Å²) >= 11 is 0. The second-order valence-corrected chi connectivity index (χ2v) is 4.87. The highest BCUT2D eigenvalue weighted by Crippen LogP contribution is 2.26. The second-order valence-electron chi connectivity index (χ2n) is 4.87. The molecule has 0 spiro atoms. The van der Waals surface area contributed by atoms with Gasteiger partial charge in [-0.15, -0.1) is 0 Å². The van der Waals surface area contributed by atoms with Crippen LogP contribution in [0.1, 0.15) is 25.8 Å². The quantitative estimate of drug-likeness (QED) is 0.886. The number of halogens is 1. The van der Waals surface area contributed by atoms with Gasteiger partial charge in [-0.1, -0.05) is 26.0 Å². The van der Waals surface area contributed by atoms with Crippen molar-refractivity contribution in [2.75, 3.05) is 31.1 Å². The number of morpholine rings is 1. The topological polar surface area (TPSA) is 24.5 Å². The van der Waals surface area contributed by atoms with E-state index in [1.165, 1.54) is 0 Å². The first-order valence-electron chi connectivity index (χ1n) is 7.10. The minimum atomic E-state index is -0.132. The van der Waals surface area contributed by atoms with E-state index in [1.54, 1.807) is 12.1 Å². The molecule has 0 bridgehead atoms. The van der Waals surface area contributed by atoms with Crippen LogP contribution in [0.2, 0.25) is 0 Å². The molecule has 3 nitrogen and oxygen atoms in total. The third-order valence-electron chi connectivity index (χ3n) is 3.55. The van der Waals surface area contributed by atoms with E-state index in [1.807, 2.05) is 6.07 Å². The molecule has 1 aromatic rings. The predicted octanol–water partition coefficient (Wildman–Crippen LogP) is 2.55. The molecule has 2 rings (SSSR count). The number of benzene rings is 1. The van der Waals surface area contributed by atoms with Crippen LogP contribution in [0.4, 0.5) is 10.1 Å². The number of hydrogen-bond acceptors (Lipinski definition) is 3. The number of nitrogens with one attached hydrogen (secondary N) is 1. The van der Waals surface area contributed by atoms with Gasteiger partial charge in [0.25, 0.3) is 0 Å². The van der Waals surface area contributed by atoms with Gasteiger partial charge in [-0.05, 0) is 24.6 Å². The van der Waals surface area contributed by atoms with Crippen LogP contribution in [0.3, 0.4) is 0 Å². The average molecular weight is 266 g/mol. The van der Waals surface area contributed by atoms with Crippen LogP contribution in [0.5, 0.6) is 0 Å². The van der Waals surface area contributed by atoms with Gasteiger partial charge in [0, 0.05) is 19.6 Å². The number of hydrogen-bond donors (Lipinski definition) is 1. The smallest absolute Gasteiger partial charge is 0.146 e. The molecule has 1 heterocycles. The summed E-state index contributed by atoms with van der Waals surface area (Å²) in [6.07, 6.45) is 1.17. The fraction of sp³-hybridized carbons (Fsp3) is 0.600. The molecule has 4 heteroatoms. The van der Waals surface area contributed by atoms with Crippen LogP contribution in [0.25, 0.3) is 0 Å². The first kappa shape index (κ1) is 14.3. The van der Waals surface area contributed by atoms with E-state index in [9.17, 15) is 4.39 Å². The molecule has 1 N–H and O–H groups in total. The molecule has 1 unspecified atom stereocenters. The van der Waals surface area contributed by atoms with Crippen molar-refractivity contribution < 1.29 is 9.13 Å². The number of anilines is 1. The van der Waals surface area contributed by atoms with Gasteiger partial charge in [0.15, 0.2) is 0 Å². The highest BCUT2D eigenvalue weighted by Gasteiger charge is 2.23. The van der Waals surface area contributed by atoms with E-state index in [4.69, 9.17) is 4.74 Å². The third kappa shape index (κ3) is 3.45. The van der Waals surface area contributed by atoms with Gasteiger partial charge in [-0.25, -0.2) is 4.39 Å². The third-order valence-corrected chi connectivity index (χ3v) is 3.55. The molecular weight excluding hydrogens is 243 g/mol. The van der Waals surface area contributed by atoms with E-state index >= 15 is 0 Å². The molecule has 0 aliphatic carbocycles. The standard InChI is InChI=1S/C15H23FN2O/c1-3-13-11-18(8-9-19-13)15-12(10-17-4-2)6-5-7-14(15)16/h5-7,13,17H,3-4,8-11H2,1-2H3. The molecule has 0 aromatic heterocycles. The number of ether oxygens (including phenoxy) is 1. The van der Waals surface area contributed by atoms with E-state index in [-0.39, 0.29) is 11.9 Å². The Hall–Kier alpha value is -1.13. The summed E-state index contributed by atoms with van der Waals surface area (Å²) in [4.78, 5) is 2.12. The van der Waals surface area contributed by atoms with Crippen molar-refractivity contribution in [3.63, 3.8) is 0 Å². The highest BCUT2D eigenvalue weighted by atomic mass is 19.1. The zero-order valence-electron chi connectivity index (χ0n) is 11.8. The number of nitrogens with zero attached hydrogens (tertiary/aromatic N) is 1. The summed E-state index contributed by atoms with van der Waals surface area (Å²) in [6.45, 7) is 7.96. The van der Waals surface area contributed by atoms with Crippen molar-refractivity contribution in [2.24, 2.45) is 0 Å². The fourth-order valence-electron chi connectivity index (χ4n) is 2.49. The van der Waals surface area contributed by atoms with Gasteiger partial charge in [0.1, 0.15) is 5.82 Å². The van der Waals surface area contributed by atoms with Crippen molar-refractivity contribution in [2.45, 2.75) is 32.9 Å². The molecule has 1 atom stereocenters. The lowest BCUT2D eigenvalue weighted by Crippen LogP contribution is -2.43. The summed E-state index contributed by atoms with van der Waals surface area (Å²) in [7, 11) is 0. The van der Waals surface area contributed by atoms with E-state index in [0.717, 1.165) is 37.3 Å². The summed E-state index contributed by atoms with van der Waals surface area (Å²) < 4.78 is 19.8. The van der Waals surface area contributed by atoms with Crippen molar-refractivity contribution in [1.82, 2.24) is 5.32 Å². The molecular formula is C15H23FN2O. The molecule has 0 amide bonds. The molecule has 1 fully saturated rings. The van der Waals surface area contributed by atoms with Gasteiger partial charge in [-0.3, -0.25) is 0 Å². The lowest BCUT2D eigenvalue weighted by Gasteiger charge is -2.35. The van der Waals surface area contributed by atoms with E-state index < -0.39 is 0 Å². The SMILES string of the molecule is CCNCc1cccc(F)c1N1CCOC(CC)C1. The Morgan fingerprint density at radius 3 is 3.00 bits per heavy atom. The first-order chi connectivity index (χ1) is 9.26. The predicted molar refractivity (Wildman–Crippen MR) is 76.0 cm³/mol. The normalized spacial score (nSPS) is 19.7. The molecule has 0 radical (unpaired) electrons. The van der Waals surface area contributed by atoms with Crippen molar-refractivity contribution in [1.29, 1.82) is 0 Å². The van der Waals surface area contributed by atoms with Crippen molar-refractivity contribution >= 4 is 5.69 Å². The average Bonchev–Trinajstić information content (AvgIpc) is 2.45. The molecule has 1 saturated heterocycles. The van der Waals surface area contributed by atoms with Crippen molar-refractivity contribution in [3.8, 4) is 0 Å². The van der Waals surface area contributed by atoms with Gasteiger partial charge < -0.3 is 15.0 Å². The lowest BCUT2D eigenvalue weighted by atomic mass is 10.1. The van der Waals surface area contributed by atoms with Crippen LogP contribution in [-0.2, 0) is 11.3 Å². The number of rotatable bonds is 5. The Labute approximate surface area is 114 Å². The van der Waals surface area contributed by atoms with Gasteiger partial charge in [0.2, 0.25) is 0 Å². The Balaban J connectivity index is 2.21. The maximum atomic E-state index is 14.2. The second kappa shape index (κ2) is 6.87. The monoisotopic (exact) mass is 266 g/mol. The molecule has 1 aromatic carbocycles. The van der Waals surface area contributed by atoms with E-state index in [0.29, 0.717) is 13.2 Å². The molecule has 19 heavy (non-hydrogen) atoms. The zero-order chi connectivity index (χ0) is 13.7. The highest BCUT2D eigenvalue weighted by molar-refractivity contribution is 5.55. The van der Waals surface area contributed by atoms with Crippen LogP contribution >= 0.6 is 0 Å². The molecule has 106 valence electrons. The Morgan fingerprint density at radius 2 is 2.26 bits per heavy atom. The Bertz CT molecular complexity index is 411. The first-order valence-corrected chi connectivity index (χ1v) is 7.10. The summed E-state index contributed by atoms with van der Waals surface area (Å²) in [6, 6.07) is 5.32. The van der Waals surface area contributed by atoms with Crippen LogP contribution in [0, 0.1) is 5.82 Å². The van der Waals surface area contributed by atoms with Gasteiger partial charge in [0.05, 0.1) is 18.4 Å². The zero-order valence-corrected chi connectivity index (χ0v) is 11.8. The van der Waals surface area contributed by atoms with Crippen LogP contribution in [0.15, 0.2) is 18.2 Å². The van der Waals surface area contributed by atoms with Crippen molar-refractivity contribution in [3.05, 3.63) is 29.6 Å². The molecule has 1 aliphatic rings. The molecule has 0 saturated carbocycles. The lowest BCUT2D eigenvalue weighted by molar-refractivity contribution is 0.0381. The summed E-state index contributed by atoms with van der Waals surface area (Å²) in [5.41, 5.74) is 1.77. The summed E-state index contributed by atoms with van der Waals surface area (Å²) in [5, 5.41) is 3.27. The maximum absolute atomic E-state index is 14.2. The van der Waals surface area contributed by atoms with Gasteiger partial charge in [-0.2, -0.15) is 0 Å². The largest absolute Gasteiger partial charge is 0.375 e. The Kier molecular flexibility index (Phi) is 5.16. The van der Waals surface area contributed by atoms with Crippen LogP contribution < -0.4 is 10.2 Å². The van der Waals surface area contributed by atoms with E-state index in [2.05, 4.69) is 24.1 Å². The van der Waals surface area contributed by atoms with Crippen LogP contribution in [-0.4, -0.2) is 32.3 Å². The molecule has 1 aliphatic heterocycles. The Morgan fingerprint density at radius 1 is 1.42 bits per heavy atom.